The quantitative estimate of drug-likeness (QED) is 0.261. The predicted octanol–water partition coefficient (Wildman–Crippen LogP) is 1.73. The number of sulfonamides is 1. The van der Waals surface area contributed by atoms with Crippen LogP contribution in [0.1, 0.15) is 22.8 Å². The number of methoxy groups -OCH3 is 1. The van der Waals surface area contributed by atoms with Crippen molar-refractivity contribution in [2.45, 2.75) is 29.9 Å². The number of carbonyl (C=O) groups is 2. The Morgan fingerprint density at radius 1 is 1.15 bits per heavy atom. The maximum atomic E-state index is 13.3. The van der Waals surface area contributed by atoms with Crippen molar-refractivity contribution in [2.24, 2.45) is 5.14 Å². The summed E-state index contributed by atoms with van der Waals surface area (Å²) in [4.78, 5) is 41.5. The van der Waals surface area contributed by atoms with E-state index in [1.54, 1.807) is 19.1 Å². The first kappa shape index (κ1) is 25.4. The molecule has 0 aliphatic carbocycles. The maximum absolute atomic E-state index is 13.3. The minimum Gasteiger partial charge on any atom is -0.465 e. The lowest BCUT2D eigenvalue weighted by Crippen LogP contribution is -2.25. The Hall–Kier alpha value is -3.22. The molecule has 0 bridgehead atoms. The Bertz CT molecular complexity index is 1380. The van der Waals surface area contributed by atoms with Gasteiger partial charge in [0.1, 0.15) is 0 Å². The third-order valence-electron chi connectivity index (χ3n) is 4.84. The standard InChI is InChI=1S/C22H23N3O7S2/c1-3-32-19(26)13-33-22-24-18-12-15(21(28)31-2)6-9-17(18)20(27)25(22)11-10-14-4-7-16(8-5-14)34(23,29)30/h4-9,12H,3,10-11,13H2,1-2H3,(H2,23,29,30). The van der Waals surface area contributed by atoms with E-state index in [0.29, 0.717) is 17.3 Å². The van der Waals surface area contributed by atoms with Gasteiger partial charge in [0.2, 0.25) is 10.0 Å². The normalized spacial score (nSPS) is 11.4. The Morgan fingerprint density at radius 2 is 1.85 bits per heavy atom. The molecule has 2 N–H and O–H groups in total. The van der Waals surface area contributed by atoms with E-state index in [4.69, 9.17) is 14.6 Å². The molecule has 3 rings (SSSR count). The van der Waals surface area contributed by atoms with Crippen molar-refractivity contribution < 1.29 is 27.5 Å². The Labute approximate surface area is 200 Å². The van der Waals surface area contributed by atoms with E-state index >= 15 is 0 Å². The highest BCUT2D eigenvalue weighted by Crippen LogP contribution is 2.20. The van der Waals surface area contributed by atoms with Crippen molar-refractivity contribution in [3.05, 3.63) is 63.9 Å². The van der Waals surface area contributed by atoms with Gasteiger partial charge in [0, 0.05) is 6.54 Å². The number of hydrogen-bond donors (Lipinski definition) is 1. The number of ether oxygens (including phenoxy) is 2. The molecule has 3 aromatic rings. The zero-order valence-electron chi connectivity index (χ0n) is 18.5. The lowest BCUT2D eigenvalue weighted by Gasteiger charge is -2.13. The highest BCUT2D eigenvalue weighted by Gasteiger charge is 2.16. The third kappa shape index (κ3) is 6.01. The Balaban J connectivity index is 1.97. The van der Waals surface area contributed by atoms with Crippen LogP contribution in [0.2, 0.25) is 0 Å². The number of benzene rings is 2. The van der Waals surface area contributed by atoms with Crippen molar-refractivity contribution in [3.63, 3.8) is 0 Å². The van der Waals surface area contributed by atoms with Crippen LogP contribution in [-0.4, -0.2) is 49.4 Å². The second kappa shape index (κ2) is 10.8. The molecule has 0 amide bonds. The van der Waals surface area contributed by atoms with Gasteiger partial charge in [0.05, 0.1) is 40.8 Å². The second-order valence-corrected chi connectivity index (χ2v) is 9.61. The fourth-order valence-corrected chi connectivity index (χ4v) is 4.50. The van der Waals surface area contributed by atoms with E-state index < -0.39 is 22.0 Å². The molecule has 180 valence electrons. The number of hydrogen-bond acceptors (Lipinski definition) is 9. The van der Waals surface area contributed by atoms with Gasteiger partial charge in [-0.1, -0.05) is 23.9 Å². The van der Waals surface area contributed by atoms with E-state index in [-0.39, 0.29) is 40.1 Å². The molecule has 12 heteroatoms. The topological polar surface area (TPSA) is 148 Å². The summed E-state index contributed by atoms with van der Waals surface area (Å²) in [7, 11) is -2.54. The summed E-state index contributed by atoms with van der Waals surface area (Å²) >= 11 is 1.05. The number of aromatic nitrogens is 2. The molecule has 0 atom stereocenters. The maximum Gasteiger partial charge on any atom is 0.337 e. The molecule has 0 spiro atoms. The minimum absolute atomic E-state index is 0.00659. The summed E-state index contributed by atoms with van der Waals surface area (Å²) in [6.07, 6.45) is 0.394. The molecule has 1 aromatic heterocycles. The van der Waals surface area contributed by atoms with Gasteiger partial charge >= 0.3 is 11.9 Å². The van der Waals surface area contributed by atoms with Crippen LogP contribution in [0.3, 0.4) is 0 Å². The van der Waals surface area contributed by atoms with E-state index in [1.165, 1.54) is 42.0 Å². The highest BCUT2D eigenvalue weighted by molar-refractivity contribution is 7.99. The van der Waals surface area contributed by atoms with Gasteiger partial charge in [0.15, 0.2) is 5.16 Å². The summed E-state index contributed by atoms with van der Waals surface area (Å²) < 4.78 is 34.0. The van der Waals surface area contributed by atoms with Crippen molar-refractivity contribution >= 4 is 44.6 Å². The van der Waals surface area contributed by atoms with Crippen molar-refractivity contribution in [3.8, 4) is 0 Å². The van der Waals surface area contributed by atoms with Crippen molar-refractivity contribution in [1.29, 1.82) is 0 Å². The van der Waals surface area contributed by atoms with Crippen LogP contribution in [0.5, 0.6) is 0 Å². The number of aryl methyl sites for hydroxylation is 1. The van der Waals surface area contributed by atoms with Crippen LogP contribution in [0.25, 0.3) is 10.9 Å². The van der Waals surface area contributed by atoms with Gasteiger partial charge in [-0.25, -0.2) is 23.3 Å². The summed E-state index contributed by atoms with van der Waals surface area (Å²) in [5, 5.41) is 5.72. The molecule has 0 saturated heterocycles. The molecule has 10 nitrogen and oxygen atoms in total. The fourth-order valence-electron chi connectivity index (χ4n) is 3.17. The Morgan fingerprint density at radius 3 is 2.47 bits per heavy atom. The van der Waals surface area contributed by atoms with Crippen LogP contribution in [0.15, 0.2) is 57.3 Å². The molecule has 2 aromatic carbocycles. The first-order chi connectivity index (χ1) is 16.1. The summed E-state index contributed by atoms with van der Waals surface area (Å²) in [5.74, 6) is -1.06. The van der Waals surface area contributed by atoms with Crippen LogP contribution in [0.4, 0.5) is 0 Å². The van der Waals surface area contributed by atoms with Gasteiger partial charge in [-0.2, -0.15) is 0 Å². The zero-order valence-corrected chi connectivity index (χ0v) is 20.1. The number of primary sulfonamides is 1. The summed E-state index contributed by atoms with van der Waals surface area (Å²) in [5.41, 5.74) is 0.986. The number of carbonyl (C=O) groups excluding carboxylic acids is 2. The highest BCUT2D eigenvalue weighted by atomic mass is 32.2. The van der Waals surface area contributed by atoms with Crippen LogP contribution in [-0.2, 0) is 37.3 Å². The first-order valence-corrected chi connectivity index (χ1v) is 12.7. The first-order valence-electron chi connectivity index (χ1n) is 10.2. The molecule has 0 saturated carbocycles. The molecule has 34 heavy (non-hydrogen) atoms. The molecule has 0 fully saturated rings. The molecule has 1 heterocycles. The molecule has 0 radical (unpaired) electrons. The van der Waals surface area contributed by atoms with Crippen LogP contribution < -0.4 is 10.7 Å². The van der Waals surface area contributed by atoms with Gasteiger partial charge < -0.3 is 9.47 Å². The Kier molecular flexibility index (Phi) is 8.07. The van der Waals surface area contributed by atoms with E-state index in [9.17, 15) is 22.8 Å². The molecular weight excluding hydrogens is 482 g/mol. The summed E-state index contributed by atoms with van der Waals surface area (Å²) in [6, 6.07) is 10.5. The average molecular weight is 506 g/mol. The van der Waals surface area contributed by atoms with Gasteiger partial charge in [-0.05, 0) is 49.2 Å². The molecule has 0 unspecified atom stereocenters. The van der Waals surface area contributed by atoms with E-state index in [1.807, 2.05) is 0 Å². The molecule has 0 aliphatic heterocycles. The van der Waals surface area contributed by atoms with Gasteiger partial charge in [-0.3, -0.25) is 14.2 Å². The average Bonchev–Trinajstić information content (AvgIpc) is 2.81. The second-order valence-electron chi connectivity index (χ2n) is 7.11. The number of esters is 2. The van der Waals surface area contributed by atoms with Gasteiger partial charge in [-0.15, -0.1) is 0 Å². The fraction of sp³-hybridized carbons (Fsp3) is 0.273. The number of thioether (sulfide) groups is 1. The molecule has 0 aliphatic rings. The smallest absolute Gasteiger partial charge is 0.337 e. The van der Waals surface area contributed by atoms with Crippen LogP contribution in [0, 0.1) is 0 Å². The van der Waals surface area contributed by atoms with Crippen molar-refractivity contribution in [2.75, 3.05) is 19.5 Å². The van der Waals surface area contributed by atoms with Gasteiger partial charge in [0.25, 0.3) is 5.56 Å². The zero-order chi connectivity index (χ0) is 24.9. The monoisotopic (exact) mass is 505 g/mol. The number of fused-ring (bicyclic) bond motifs is 1. The van der Waals surface area contributed by atoms with Crippen molar-refractivity contribution in [1.82, 2.24) is 9.55 Å². The minimum atomic E-state index is -3.80. The predicted molar refractivity (Wildman–Crippen MR) is 126 cm³/mol. The van der Waals surface area contributed by atoms with Crippen LogP contribution >= 0.6 is 11.8 Å². The summed E-state index contributed by atoms with van der Waals surface area (Å²) in [6.45, 7) is 2.15. The lowest BCUT2D eigenvalue weighted by molar-refractivity contribution is -0.139. The number of rotatable bonds is 9. The third-order valence-corrected chi connectivity index (χ3v) is 6.72. The SMILES string of the molecule is CCOC(=O)CSc1nc2cc(C(=O)OC)ccc2c(=O)n1CCc1ccc(S(N)(=O)=O)cc1. The van der Waals surface area contributed by atoms with E-state index in [2.05, 4.69) is 4.98 Å². The lowest BCUT2D eigenvalue weighted by atomic mass is 10.1. The number of nitrogens with two attached hydrogens (primary N) is 1. The number of nitrogens with zero attached hydrogens (tertiary/aromatic N) is 2. The largest absolute Gasteiger partial charge is 0.465 e. The molecular formula is C22H23N3O7S2. The van der Waals surface area contributed by atoms with E-state index in [0.717, 1.165) is 17.3 Å².